The summed E-state index contributed by atoms with van der Waals surface area (Å²) in [6.45, 7) is 6.10. The summed E-state index contributed by atoms with van der Waals surface area (Å²) < 4.78 is 2.02. The van der Waals surface area contributed by atoms with Crippen LogP contribution in [0.5, 0.6) is 0 Å². The molecule has 1 aliphatic heterocycles. The fourth-order valence-corrected chi connectivity index (χ4v) is 3.05. The lowest BCUT2D eigenvalue weighted by atomic mass is 10.1. The normalized spacial score (nSPS) is 18.5. The maximum atomic E-state index is 4.40. The summed E-state index contributed by atoms with van der Waals surface area (Å²) in [5.41, 5.74) is 2.38. The Labute approximate surface area is 137 Å². The Morgan fingerprint density at radius 2 is 2.04 bits per heavy atom. The Hall–Kier alpha value is -1.95. The molecular formula is C17H24N6. The molecule has 6 nitrogen and oxygen atoms in total. The molecule has 0 unspecified atom stereocenters. The van der Waals surface area contributed by atoms with E-state index in [0.717, 1.165) is 37.7 Å². The first-order valence-corrected chi connectivity index (χ1v) is 8.47. The van der Waals surface area contributed by atoms with Gasteiger partial charge >= 0.3 is 0 Å². The molecule has 6 heteroatoms. The van der Waals surface area contributed by atoms with Crippen LogP contribution in [0, 0.1) is 6.92 Å². The van der Waals surface area contributed by atoms with Gasteiger partial charge in [0.25, 0.3) is 0 Å². The van der Waals surface area contributed by atoms with Crippen LogP contribution in [0.1, 0.15) is 30.0 Å². The maximum absolute atomic E-state index is 4.40. The van der Waals surface area contributed by atoms with Crippen LogP contribution in [-0.2, 0) is 6.54 Å². The molecule has 2 aromatic rings. The van der Waals surface area contributed by atoms with Gasteiger partial charge in [0, 0.05) is 37.8 Å². The van der Waals surface area contributed by atoms with Crippen molar-refractivity contribution in [2.75, 3.05) is 31.6 Å². The average Bonchev–Trinajstić information content (AvgIpc) is 3.27. The Morgan fingerprint density at radius 1 is 1.22 bits per heavy atom. The van der Waals surface area contributed by atoms with E-state index in [1.54, 1.807) is 0 Å². The number of aryl methyl sites for hydroxylation is 1. The van der Waals surface area contributed by atoms with E-state index in [-0.39, 0.29) is 0 Å². The first kappa shape index (κ1) is 14.6. The van der Waals surface area contributed by atoms with Crippen molar-refractivity contribution in [3.63, 3.8) is 0 Å². The average molecular weight is 312 g/mol. The molecule has 3 heterocycles. The van der Waals surface area contributed by atoms with Crippen LogP contribution in [0.15, 0.2) is 24.5 Å². The molecule has 0 aromatic carbocycles. The van der Waals surface area contributed by atoms with Gasteiger partial charge in [0.15, 0.2) is 5.82 Å². The third kappa shape index (κ3) is 3.22. The van der Waals surface area contributed by atoms with E-state index in [4.69, 9.17) is 0 Å². The molecule has 0 spiro atoms. The quantitative estimate of drug-likeness (QED) is 0.812. The summed E-state index contributed by atoms with van der Waals surface area (Å²) in [6, 6.07) is 4.87. The van der Waals surface area contributed by atoms with Crippen molar-refractivity contribution in [1.82, 2.24) is 24.9 Å². The van der Waals surface area contributed by atoms with E-state index in [9.17, 15) is 0 Å². The second-order valence-corrected chi connectivity index (χ2v) is 6.91. The standard InChI is InChI=1S/C17H24N6/c1-13-9-18-23(10-13)8-7-21(2)15-11-22(12-15)17-6-5-16(19-20-17)14-3-4-14/h5-6,9-10,14-15H,3-4,7-8,11-12H2,1-2H3. The molecule has 2 aromatic heterocycles. The summed E-state index contributed by atoms with van der Waals surface area (Å²) in [5.74, 6) is 1.69. The van der Waals surface area contributed by atoms with Gasteiger partial charge in [-0.2, -0.15) is 10.2 Å². The molecule has 122 valence electrons. The van der Waals surface area contributed by atoms with Crippen LogP contribution in [0.4, 0.5) is 5.82 Å². The van der Waals surface area contributed by atoms with Crippen LogP contribution in [-0.4, -0.2) is 57.6 Å². The van der Waals surface area contributed by atoms with Crippen molar-refractivity contribution in [3.05, 3.63) is 35.8 Å². The highest BCUT2D eigenvalue weighted by Gasteiger charge is 2.31. The predicted octanol–water partition coefficient (Wildman–Crippen LogP) is 1.68. The molecule has 0 radical (unpaired) electrons. The lowest BCUT2D eigenvalue weighted by Crippen LogP contribution is -2.59. The van der Waals surface area contributed by atoms with Crippen molar-refractivity contribution in [1.29, 1.82) is 0 Å². The van der Waals surface area contributed by atoms with Crippen LogP contribution in [0.25, 0.3) is 0 Å². The topological polar surface area (TPSA) is 50.1 Å². The largest absolute Gasteiger partial charge is 0.352 e. The molecule has 1 aliphatic carbocycles. The third-order valence-electron chi connectivity index (χ3n) is 4.92. The van der Waals surface area contributed by atoms with E-state index in [1.165, 1.54) is 18.4 Å². The van der Waals surface area contributed by atoms with Crippen molar-refractivity contribution >= 4 is 5.82 Å². The van der Waals surface area contributed by atoms with Gasteiger partial charge in [0.05, 0.1) is 18.4 Å². The number of hydrogen-bond acceptors (Lipinski definition) is 5. The fraction of sp³-hybridized carbons (Fsp3) is 0.588. The molecule has 0 atom stereocenters. The summed E-state index contributed by atoms with van der Waals surface area (Å²) in [7, 11) is 2.19. The zero-order chi connectivity index (χ0) is 15.8. The summed E-state index contributed by atoms with van der Waals surface area (Å²) in [5, 5.41) is 13.1. The van der Waals surface area contributed by atoms with Crippen molar-refractivity contribution < 1.29 is 0 Å². The molecule has 23 heavy (non-hydrogen) atoms. The van der Waals surface area contributed by atoms with Crippen molar-refractivity contribution in [3.8, 4) is 0 Å². The fourth-order valence-electron chi connectivity index (χ4n) is 3.05. The van der Waals surface area contributed by atoms with Crippen LogP contribution >= 0.6 is 0 Å². The minimum Gasteiger partial charge on any atom is -0.352 e. The van der Waals surface area contributed by atoms with Gasteiger partial charge in [-0.3, -0.25) is 9.58 Å². The van der Waals surface area contributed by atoms with Crippen molar-refractivity contribution in [2.45, 2.75) is 38.3 Å². The Morgan fingerprint density at radius 3 is 2.65 bits per heavy atom. The van der Waals surface area contributed by atoms with Gasteiger partial charge in [-0.1, -0.05) is 0 Å². The van der Waals surface area contributed by atoms with Gasteiger partial charge in [-0.15, -0.1) is 5.10 Å². The molecule has 0 bridgehead atoms. The van der Waals surface area contributed by atoms with Gasteiger partial charge in [-0.05, 0) is 44.5 Å². The number of aromatic nitrogens is 4. The number of rotatable bonds is 6. The lowest BCUT2D eigenvalue weighted by molar-refractivity contribution is 0.195. The zero-order valence-corrected chi connectivity index (χ0v) is 13.9. The molecule has 0 N–H and O–H groups in total. The monoisotopic (exact) mass is 312 g/mol. The Balaban J connectivity index is 1.25. The molecule has 2 aliphatic rings. The van der Waals surface area contributed by atoms with E-state index in [2.05, 4.69) is 57.4 Å². The van der Waals surface area contributed by atoms with E-state index >= 15 is 0 Å². The maximum Gasteiger partial charge on any atom is 0.151 e. The van der Waals surface area contributed by atoms with Gasteiger partial charge < -0.3 is 4.90 Å². The number of nitrogens with zero attached hydrogens (tertiary/aromatic N) is 6. The number of likely N-dealkylation sites (N-methyl/N-ethyl adjacent to an activating group) is 1. The molecule has 4 rings (SSSR count). The van der Waals surface area contributed by atoms with E-state index in [0.29, 0.717) is 12.0 Å². The van der Waals surface area contributed by atoms with Gasteiger partial charge in [0.1, 0.15) is 0 Å². The van der Waals surface area contributed by atoms with Crippen molar-refractivity contribution in [2.24, 2.45) is 0 Å². The lowest BCUT2D eigenvalue weighted by Gasteiger charge is -2.44. The first-order valence-electron chi connectivity index (χ1n) is 8.47. The van der Waals surface area contributed by atoms with E-state index < -0.39 is 0 Å². The highest BCUT2D eigenvalue weighted by atomic mass is 15.4. The smallest absolute Gasteiger partial charge is 0.151 e. The zero-order valence-electron chi connectivity index (χ0n) is 13.9. The molecular weight excluding hydrogens is 288 g/mol. The van der Waals surface area contributed by atoms with Crippen LogP contribution in [0.2, 0.25) is 0 Å². The van der Waals surface area contributed by atoms with Gasteiger partial charge in [0.2, 0.25) is 0 Å². The van der Waals surface area contributed by atoms with Crippen LogP contribution in [0.3, 0.4) is 0 Å². The number of hydrogen-bond donors (Lipinski definition) is 0. The summed E-state index contributed by atoms with van der Waals surface area (Å²) in [6.07, 6.45) is 6.56. The SMILES string of the molecule is Cc1cnn(CCN(C)C2CN(c3ccc(C4CC4)nn3)C2)c1. The second-order valence-electron chi connectivity index (χ2n) is 6.91. The highest BCUT2D eigenvalue weighted by Crippen LogP contribution is 2.38. The minimum atomic E-state index is 0.594. The predicted molar refractivity (Wildman–Crippen MR) is 89.6 cm³/mol. The Bertz CT molecular complexity index is 654. The summed E-state index contributed by atoms with van der Waals surface area (Å²) >= 11 is 0. The summed E-state index contributed by atoms with van der Waals surface area (Å²) in [4.78, 5) is 4.72. The molecule has 1 saturated heterocycles. The van der Waals surface area contributed by atoms with Gasteiger partial charge in [-0.25, -0.2) is 0 Å². The highest BCUT2D eigenvalue weighted by molar-refractivity contribution is 5.42. The minimum absolute atomic E-state index is 0.594. The third-order valence-corrected chi connectivity index (χ3v) is 4.92. The second kappa shape index (κ2) is 5.92. The van der Waals surface area contributed by atoms with Crippen LogP contribution < -0.4 is 4.90 Å². The Kier molecular flexibility index (Phi) is 3.77. The van der Waals surface area contributed by atoms with E-state index in [1.807, 2.05) is 10.9 Å². The molecule has 2 fully saturated rings. The first-order chi connectivity index (χ1) is 11.2. The molecule has 1 saturated carbocycles. The number of anilines is 1. The molecule has 0 amide bonds.